The Labute approximate surface area is 122 Å². The fourth-order valence-electron chi connectivity index (χ4n) is 2.23. The lowest BCUT2D eigenvalue weighted by molar-refractivity contribution is -0.144. The first-order valence-electron chi connectivity index (χ1n) is 6.51. The maximum Gasteiger partial charge on any atom is 0.308 e. The second kappa shape index (κ2) is 6.57. The lowest BCUT2D eigenvalue weighted by Gasteiger charge is -2.29. The van der Waals surface area contributed by atoms with E-state index in [2.05, 4.69) is 0 Å². The van der Waals surface area contributed by atoms with Crippen molar-refractivity contribution >= 4 is 29.6 Å². The summed E-state index contributed by atoms with van der Waals surface area (Å²) in [6.07, 6.45) is 4.56. The van der Waals surface area contributed by atoms with Crippen molar-refractivity contribution in [3.05, 3.63) is 40.9 Å². The summed E-state index contributed by atoms with van der Waals surface area (Å²) in [5.41, 5.74) is 0.884. The molecule has 5 heteroatoms. The number of carboxylic acids is 1. The molecular weight excluding hydrogens is 278 g/mol. The van der Waals surface area contributed by atoms with Crippen molar-refractivity contribution in [2.24, 2.45) is 5.92 Å². The van der Waals surface area contributed by atoms with Crippen molar-refractivity contribution in [2.45, 2.75) is 12.8 Å². The Morgan fingerprint density at radius 2 is 2.00 bits per heavy atom. The molecule has 1 amide bonds. The molecule has 1 saturated heterocycles. The van der Waals surface area contributed by atoms with E-state index in [-0.39, 0.29) is 5.91 Å². The maximum atomic E-state index is 12.0. The molecular formula is C15H16ClNO3. The number of amides is 1. The van der Waals surface area contributed by atoms with Gasteiger partial charge >= 0.3 is 5.97 Å². The first-order chi connectivity index (χ1) is 9.56. The van der Waals surface area contributed by atoms with E-state index >= 15 is 0 Å². The van der Waals surface area contributed by atoms with Gasteiger partial charge in [0.25, 0.3) is 0 Å². The number of hydrogen-bond donors (Lipinski definition) is 1. The van der Waals surface area contributed by atoms with Gasteiger partial charge in [-0.1, -0.05) is 23.7 Å². The number of nitrogens with zero attached hydrogens (tertiary/aromatic N) is 1. The van der Waals surface area contributed by atoms with Crippen LogP contribution >= 0.6 is 11.6 Å². The molecule has 1 N–H and O–H groups in total. The van der Waals surface area contributed by atoms with Crippen LogP contribution in [0.4, 0.5) is 0 Å². The van der Waals surface area contributed by atoms with E-state index in [0.29, 0.717) is 24.5 Å². The number of halogens is 1. The zero-order chi connectivity index (χ0) is 14.5. The minimum Gasteiger partial charge on any atom is -0.481 e. The third-order valence-electron chi connectivity index (χ3n) is 3.37. The average Bonchev–Trinajstić information content (AvgIpc) is 2.46. The van der Waals surface area contributed by atoms with Gasteiger partial charge in [-0.15, -0.1) is 0 Å². The number of hydrogen-bond acceptors (Lipinski definition) is 2. The minimum atomic E-state index is -0.829. The van der Waals surface area contributed by atoms with Gasteiger partial charge in [0.05, 0.1) is 5.92 Å². The molecule has 1 fully saturated rings. The Kier molecular flexibility index (Phi) is 4.79. The predicted molar refractivity (Wildman–Crippen MR) is 77.4 cm³/mol. The van der Waals surface area contributed by atoms with Gasteiger partial charge in [0.1, 0.15) is 0 Å². The summed E-state index contributed by atoms with van der Waals surface area (Å²) in [5, 5.41) is 9.65. The maximum absolute atomic E-state index is 12.0. The molecule has 106 valence electrons. The highest BCUT2D eigenvalue weighted by Gasteiger charge is 2.26. The fraction of sp³-hybridized carbons (Fsp3) is 0.333. The molecule has 1 heterocycles. The highest BCUT2D eigenvalue weighted by Crippen LogP contribution is 2.17. The summed E-state index contributed by atoms with van der Waals surface area (Å²) in [6, 6.07) is 7.16. The van der Waals surface area contributed by atoms with E-state index in [4.69, 9.17) is 16.7 Å². The van der Waals surface area contributed by atoms with Crippen LogP contribution in [0.3, 0.4) is 0 Å². The number of carboxylic acid groups (broad SMARTS) is 1. The number of carbonyl (C=O) groups is 2. The Bertz CT molecular complexity index is 524. The third-order valence-corrected chi connectivity index (χ3v) is 3.62. The molecule has 0 aromatic heterocycles. The van der Waals surface area contributed by atoms with Gasteiger partial charge < -0.3 is 10.0 Å². The molecule has 0 radical (unpaired) electrons. The number of aliphatic carboxylic acids is 1. The molecule has 1 aromatic carbocycles. The number of benzene rings is 1. The first kappa shape index (κ1) is 14.6. The van der Waals surface area contributed by atoms with Gasteiger partial charge in [0, 0.05) is 24.2 Å². The monoisotopic (exact) mass is 293 g/mol. The zero-order valence-corrected chi connectivity index (χ0v) is 11.7. The topological polar surface area (TPSA) is 57.6 Å². The van der Waals surface area contributed by atoms with Crippen molar-refractivity contribution in [1.29, 1.82) is 0 Å². The first-order valence-corrected chi connectivity index (χ1v) is 6.89. The highest BCUT2D eigenvalue weighted by atomic mass is 35.5. The van der Waals surface area contributed by atoms with Gasteiger partial charge in [-0.2, -0.15) is 0 Å². The van der Waals surface area contributed by atoms with Crippen LogP contribution in [0.5, 0.6) is 0 Å². The number of likely N-dealkylation sites (tertiary alicyclic amines) is 1. The Morgan fingerprint density at radius 1 is 1.30 bits per heavy atom. The van der Waals surface area contributed by atoms with Crippen molar-refractivity contribution in [3.8, 4) is 0 Å². The smallest absolute Gasteiger partial charge is 0.308 e. The molecule has 1 aromatic rings. The van der Waals surface area contributed by atoms with Crippen LogP contribution in [-0.2, 0) is 9.59 Å². The minimum absolute atomic E-state index is 0.147. The second-order valence-electron chi connectivity index (χ2n) is 4.85. The molecule has 0 aliphatic carbocycles. The van der Waals surface area contributed by atoms with Gasteiger partial charge in [0.15, 0.2) is 0 Å². The highest BCUT2D eigenvalue weighted by molar-refractivity contribution is 6.30. The summed E-state index contributed by atoms with van der Waals surface area (Å²) in [4.78, 5) is 24.6. The summed E-state index contributed by atoms with van der Waals surface area (Å²) in [6.45, 7) is 0.909. The van der Waals surface area contributed by atoms with Gasteiger partial charge in [-0.05, 0) is 36.6 Å². The van der Waals surface area contributed by atoms with Crippen LogP contribution in [0.1, 0.15) is 18.4 Å². The fourth-order valence-corrected chi connectivity index (χ4v) is 2.35. The quantitative estimate of drug-likeness (QED) is 0.872. The van der Waals surface area contributed by atoms with Crippen molar-refractivity contribution in [1.82, 2.24) is 4.90 Å². The van der Waals surface area contributed by atoms with Gasteiger partial charge in [0.2, 0.25) is 5.91 Å². The van der Waals surface area contributed by atoms with Gasteiger partial charge in [-0.25, -0.2) is 0 Å². The molecule has 1 unspecified atom stereocenters. The van der Waals surface area contributed by atoms with Crippen LogP contribution in [0.15, 0.2) is 30.3 Å². The SMILES string of the molecule is O=C(O)C1CCCN(C(=O)/C=C/c2ccc(Cl)cc2)C1. The van der Waals surface area contributed by atoms with Crippen LogP contribution in [0, 0.1) is 5.92 Å². The molecule has 1 atom stereocenters. The van der Waals surface area contributed by atoms with Crippen LogP contribution < -0.4 is 0 Å². The van der Waals surface area contributed by atoms with E-state index in [1.807, 2.05) is 12.1 Å². The molecule has 20 heavy (non-hydrogen) atoms. The summed E-state index contributed by atoms with van der Waals surface area (Å²) >= 11 is 5.79. The van der Waals surface area contributed by atoms with Crippen LogP contribution in [-0.4, -0.2) is 35.0 Å². The van der Waals surface area contributed by atoms with Gasteiger partial charge in [-0.3, -0.25) is 9.59 Å². The molecule has 0 spiro atoms. The number of carbonyl (C=O) groups excluding carboxylic acids is 1. The van der Waals surface area contributed by atoms with Crippen LogP contribution in [0.25, 0.3) is 6.08 Å². The van der Waals surface area contributed by atoms with Crippen molar-refractivity contribution < 1.29 is 14.7 Å². The Hall–Kier alpha value is -1.81. The van der Waals surface area contributed by atoms with E-state index in [1.165, 1.54) is 6.08 Å². The largest absolute Gasteiger partial charge is 0.481 e. The van der Waals surface area contributed by atoms with E-state index in [9.17, 15) is 9.59 Å². The molecule has 2 rings (SSSR count). The standard InChI is InChI=1S/C15H16ClNO3/c16-13-6-3-11(4-7-13)5-8-14(18)17-9-1-2-12(10-17)15(19)20/h3-8,12H,1-2,9-10H2,(H,19,20)/b8-5+. The van der Waals surface area contributed by atoms with Crippen molar-refractivity contribution in [3.63, 3.8) is 0 Å². The molecule has 0 bridgehead atoms. The Balaban J connectivity index is 1.97. The summed E-state index contributed by atoms with van der Waals surface area (Å²) in [7, 11) is 0. The Morgan fingerprint density at radius 3 is 2.65 bits per heavy atom. The summed E-state index contributed by atoms with van der Waals surface area (Å²) in [5.74, 6) is -1.42. The normalized spacial score (nSPS) is 19.2. The lowest BCUT2D eigenvalue weighted by atomic mass is 9.98. The molecule has 1 aliphatic heterocycles. The van der Waals surface area contributed by atoms with Crippen LogP contribution in [0.2, 0.25) is 5.02 Å². The van der Waals surface area contributed by atoms with Crippen molar-refractivity contribution in [2.75, 3.05) is 13.1 Å². The molecule has 1 aliphatic rings. The average molecular weight is 294 g/mol. The third kappa shape index (κ3) is 3.84. The summed E-state index contributed by atoms with van der Waals surface area (Å²) < 4.78 is 0. The van der Waals surface area contributed by atoms with E-state index in [0.717, 1.165) is 12.0 Å². The second-order valence-corrected chi connectivity index (χ2v) is 5.28. The van der Waals surface area contributed by atoms with E-state index in [1.54, 1.807) is 23.1 Å². The molecule has 0 saturated carbocycles. The lowest BCUT2D eigenvalue weighted by Crippen LogP contribution is -2.41. The van der Waals surface area contributed by atoms with E-state index < -0.39 is 11.9 Å². The molecule has 4 nitrogen and oxygen atoms in total. The predicted octanol–water partition coefficient (Wildman–Crippen LogP) is 2.68. The number of rotatable bonds is 3. The number of piperidine rings is 1. The zero-order valence-electron chi connectivity index (χ0n) is 11.0.